The van der Waals surface area contributed by atoms with Gasteiger partial charge < -0.3 is 26.0 Å². The first kappa shape index (κ1) is 19.1. The van der Waals surface area contributed by atoms with Gasteiger partial charge in [0.05, 0.1) is 24.0 Å². The molecule has 2 amide bonds. The van der Waals surface area contributed by atoms with Crippen molar-refractivity contribution < 1.29 is 14.3 Å². The molecule has 0 spiro atoms. The quantitative estimate of drug-likeness (QED) is 0.654. The smallest absolute Gasteiger partial charge is 0.407 e. The van der Waals surface area contributed by atoms with Crippen LogP contribution in [0, 0.1) is 5.92 Å². The molecule has 1 heterocycles. The number of hydrogen-bond acceptors (Lipinski definition) is 5. The van der Waals surface area contributed by atoms with Gasteiger partial charge in [0, 0.05) is 24.3 Å². The lowest BCUT2D eigenvalue weighted by Gasteiger charge is -2.19. The van der Waals surface area contributed by atoms with Gasteiger partial charge in [-0.15, -0.1) is 0 Å². The number of alkyl carbamates (subject to hydrolysis) is 1. The topological polar surface area (TPSA) is 96.7 Å². The molecule has 1 saturated carbocycles. The molecule has 2 fully saturated rings. The van der Waals surface area contributed by atoms with Crippen molar-refractivity contribution in [2.45, 2.75) is 25.3 Å². The number of benzene rings is 2. The molecule has 0 aromatic heterocycles. The van der Waals surface area contributed by atoms with Crippen LogP contribution in [-0.2, 0) is 4.74 Å². The number of nitrogen functional groups attached to an aromatic ring is 1. The number of hydrogen-bond donors (Lipinski definition) is 3. The summed E-state index contributed by atoms with van der Waals surface area (Å²) >= 11 is 0. The van der Waals surface area contributed by atoms with Crippen molar-refractivity contribution in [3.05, 3.63) is 54.1 Å². The van der Waals surface area contributed by atoms with Gasteiger partial charge in [0.25, 0.3) is 5.91 Å². The van der Waals surface area contributed by atoms with Gasteiger partial charge >= 0.3 is 6.09 Å². The van der Waals surface area contributed by atoms with E-state index in [1.54, 1.807) is 24.3 Å². The molecule has 4 rings (SSSR count). The van der Waals surface area contributed by atoms with Crippen LogP contribution in [-0.4, -0.2) is 37.7 Å². The Morgan fingerprint density at radius 2 is 1.83 bits per heavy atom. The first-order valence-corrected chi connectivity index (χ1v) is 10.0. The zero-order valence-corrected chi connectivity index (χ0v) is 16.3. The summed E-state index contributed by atoms with van der Waals surface area (Å²) in [5, 5.41) is 5.77. The number of rotatable bonds is 6. The Balaban J connectivity index is 1.29. The number of carbonyl (C=O) groups is 2. The number of carbonyl (C=O) groups excluding carboxylic acids is 2. The van der Waals surface area contributed by atoms with Gasteiger partial charge in [-0.25, -0.2) is 4.79 Å². The largest absolute Gasteiger partial charge is 0.449 e. The van der Waals surface area contributed by atoms with E-state index >= 15 is 0 Å². The van der Waals surface area contributed by atoms with Gasteiger partial charge in [-0.3, -0.25) is 4.79 Å². The standard InChI is InChI=1S/C22H26N4O3/c23-19-3-1-2-4-20(19)25-21(27)16-7-9-18(10-8-16)26-12-11-17(13-26)24-22(28)29-14-15-5-6-15/h1-4,7-10,15,17H,5-6,11-14,23H2,(H,24,28)(H,25,27)/t17-/m0/s1. The summed E-state index contributed by atoms with van der Waals surface area (Å²) in [4.78, 5) is 26.5. The molecule has 152 valence electrons. The van der Waals surface area contributed by atoms with Crippen molar-refractivity contribution in [1.82, 2.24) is 5.32 Å². The molecule has 2 aliphatic rings. The predicted molar refractivity (Wildman–Crippen MR) is 113 cm³/mol. The highest BCUT2D eigenvalue weighted by Gasteiger charge is 2.27. The highest BCUT2D eigenvalue weighted by Crippen LogP contribution is 2.29. The maximum absolute atomic E-state index is 12.4. The third-order valence-electron chi connectivity index (χ3n) is 5.36. The van der Waals surface area contributed by atoms with E-state index in [0.29, 0.717) is 29.5 Å². The molecule has 2 aromatic carbocycles. The third kappa shape index (κ3) is 4.99. The van der Waals surface area contributed by atoms with E-state index in [9.17, 15) is 9.59 Å². The number of nitrogens with two attached hydrogens (primary N) is 1. The van der Waals surface area contributed by atoms with Gasteiger partial charge in [-0.2, -0.15) is 0 Å². The normalized spacial score (nSPS) is 18.3. The second-order valence-corrected chi connectivity index (χ2v) is 7.71. The second-order valence-electron chi connectivity index (χ2n) is 7.71. The minimum atomic E-state index is -0.323. The van der Waals surface area contributed by atoms with E-state index in [2.05, 4.69) is 15.5 Å². The lowest BCUT2D eigenvalue weighted by atomic mass is 10.1. The SMILES string of the molecule is Nc1ccccc1NC(=O)c1ccc(N2CC[C@H](NC(=O)OCC3CC3)C2)cc1. The maximum atomic E-state index is 12.4. The molecule has 1 aliphatic carbocycles. The molecule has 0 radical (unpaired) electrons. The fourth-order valence-electron chi connectivity index (χ4n) is 3.43. The van der Waals surface area contributed by atoms with Crippen LogP contribution in [0.5, 0.6) is 0 Å². The zero-order chi connectivity index (χ0) is 20.2. The van der Waals surface area contributed by atoms with Crippen molar-refractivity contribution in [3.63, 3.8) is 0 Å². The van der Waals surface area contributed by atoms with Crippen LogP contribution < -0.4 is 21.3 Å². The van der Waals surface area contributed by atoms with Crippen LogP contribution >= 0.6 is 0 Å². The molecule has 1 saturated heterocycles. The van der Waals surface area contributed by atoms with Crippen LogP contribution in [0.1, 0.15) is 29.6 Å². The number of anilines is 3. The van der Waals surface area contributed by atoms with E-state index in [-0.39, 0.29) is 18.0 Å². The number of nitrogens with zero attached hydrogens (tertiary/aromatic N) is 1. The molecule has 1 aliphatic heterocycles. The van der Waals surface area contributed by atoms with Gasteiger partial charge in [-0.05, 0) is 61.6 Å². The highest BCUT2D eigenvalue weighted by atomic mass is 16.5. The van der Waals surface area contributed by atoms with Gasteiger partial charge in [0.1, 0.15) is 0 Å². The van der Waals surface area contributed by atoms with Crippen LogP contribution in [0.4, 0.5) is 21.9 Å². The molecular formula is C22H26N4O3. The summed E-state index contributed by atoms with van der Waals surface area (Å²) in [6.07, 6.45) is 2.87. The van der Waals surface area contributed by atoms with E-state index in [1.807, 2.05) is 24.3 Å². The predicted octanol–water partition coefficient (Wildman–Crippen LogP) is 3.24. The van der Waals surface area contributed by atoms with E-state index in [4.69, 9.17) is 10.5 Å². The maximum Gasteiger partial charge on any atom is 0.407 e. The third-order valence-corrected chi connectivity index (χ3v) is 5.36. The molecule has 7 nitrogen and oxygen atoms in total. The minimum absolute atomic E-state index is 0.0748. The first-order valence-electron chi connectivity index (χ1n) is 10.0. The summed E-state index contributed by atoms with van der Waals surface area (Å²) in [6, 6.07) is 14.7. The van der Waals surface area contributed by atoms with E-state index < -0.39 is 0 Å². The monoisotopic (exact) mass is 394 g/mol. The summed E-state index contributed by atoms with van der Waals surface area (Å²) in [6.45, 7) is 2.10. The molecule has 29 heavy (non-hydrogen) atoms. The Morgan fingerprint density at radius 3 is 2.55 bits per heavy atom. The van der Waals surface area contributed by atoms with Crippen molar-refractivity contribution in [2.24, 2.45) is 5.92 Å². The summed E-state index contributed by atoms with van der Waals surface area (Å²) < 4.78 is 5.25. The summed E-state index contributed by atoms with van der Waals surface area (Å²) in [5.74, 6) is 0.365. The van der Waals surface area contributed by atoms with Crippen molar-refractivity contribution in [3.8, 4) is 0 Å². The van der Waals surface area contributed by atoms with Crippen molar-refractivity contribution in [1.29, 1.82) is 0 Å². The summed E-state index contributed by atoms with van der Waals surface area (Å²) in [5.41, 5.74) is 8.60. The van der Waals surface area contributed by atoms with Gasteiger partial charge in [-0.1, -0.05) is 12.1 Å². The number of para-hydroxylation sites is 2. The molecule has 0 unspecified atom stereocenters. The lowest BCUT2D eigenvalue weighted by Crippen LogP contribution is -2.37. The molecule has 0 bridgehead atoms. The molecule has 7 heteroatoms. The lowest BCUT2D eigenvalue weighted by molar-refractivity contribution is 0.102. The fourth-order valence-corrected chi connectivity index (χ4v) is 3.43. The Bertz CT molecular complexity index is 880. The Labute approximate surface area is 170 Å². The second kappa shape index (κ2) is 8.43. The van der Waals surface area contributed by atoms with Crippen molar-refractivity contribution >= 4 is 29.1 Å². The molecule has 4 N–H and O–H groups in total. The van der Waals surface area contributed by atoms with E-state index in [0.717, 1.165) is 38.0 Å². The Hall–Kier alpha value is -3.22. The van der Waals surface area contributed by atoms with Crippen LogP contribution in [0.15, 0.2) is 48.5 Å². The molecule has 2 aromatic rings. The summed E-state index contributed by atoms with van der Waals surface area (Å²) in [7, 11) is 0. The minimum Gasteiger partial charge on any atom is -0.449 e. The van der Waals surface area contributed by atoms with Gasteiger partial charge in [0.2, 0.25) is 0 Å². The highest BCUT2D eigenvalue weighted by molar-refractivity contribution is 6.05. The average molecular weight is 394 g/mol. The van der Waals surface area contributed by atoms with E-state index in [1.165, 1.54) is 0 Å². The number of amides is 2. The van der Waals surface area contributed by atoms with Crippen LogP contribution in [0.25, 0.3) is 0 Å². The average Bonchev–Trinajstić information content (AvgIpc) is 3.45. The molecule has 1 atom stereocenters. The Morgan fingerprint density at radius 1 is 1.07 bits per heavy atom. The molecular weight excluding hydrogens is 368 g/mol. The number of ether oxygens (including phenoxy) is 1. The first-order chi connectivity index (χ1) is 14.1. The Kier molecular flexibility index (Phi) is 5.55. The van der Waals surface area contributed by atoms with Crippen LogP contribution in [0.2, 0.25) is 0 Å². The van der Waals surface area contributed by atoms with Crippen LogP contribution in [0.3, 0.4) is 0 Å². The van der Waals surface area contributed by atoms with Crippen molar-refractivity contribution in [2.75, 3.05) is 35.6 Å². The zero-order valence-electron chi connectivity index (χ0n) is 16.3. The number of nitrogens with one attached hydrogen (secondary N) is 2. The van der Waals surface area contributed by atoms with Gasteiger partial charge in [0.15, 0.2) is 0 Å². The fraction of sp³-hybridized carbons (Fsp3) is 0.364.